The SMILES string of the molecule is CCCCCNCc1cc(OC)cc(C)n1. The zero-order valence-electron chi connectivity index (χ0n) is 10.5. The van der Waals surface area contributed by atoms with E-state index in [-0.39, 0.29) is 0 Å². The van der Waals surface area contributed by atoms with Crippen molar-refractivity contribution < 1.29 is 4.74 Å². The topological polar surface area (TPSA) is 34.1 Å². The Kier molecular flexibility index (Phi) is 5.86. The molecule has 0 unspecified atom stereocenters. The molecule has 0 aliphatic rings. The van der Waals surface area contributed by atoms with Crippen LogP contribution in [-0.4, -0.2) is 18.6 Å². The van der Waals surface area contributed by atoms with Crippen LogP contribution in [0.5, 0.6) is 5.75 Å². The van der Waals surface area contributed by atoms with Gasteiger partial charge in [0.2, 0.25) is 0 Å². The number of hydrogen-bond donors (Lipinski definition) is 1. The Bertz CT molecular complexity index is 313. The number of nitrogens with zero attached hydrogens (tertiary/aromatic N) is 1. The highest BCUT2D eigenvalue weighted by Gasteiger charge is 1.99. The molecule has 0 radical (unpaired) electrons. The number of aromatic nitrogens is 1. The number of aryl methyl sites for hydroxylation is 1. The van der Waals surface area contributed by atoms with E-state index in [1.165, 1.54) is 19.3 Å². The van der Waals surface area contributed by atoms with Gasteiger partial charge in [0.05, 0.1) is 12.8 Å². The van der Waals surface area contributed by atoms with Gasteiger partial charge in [-0.2, -0.15) is 0 Å². The molecule has 0 saturated heterocycles. The molecular formula is C13H22N2O. The van der Waals surface area contributed by atoms with Gasteiger partial charge in [-0.25, -0.2) is 0 Å². The lowest BCUT2D eigenvalue weighted by molar-refractivity contribution is 0.412. The van der Waals surface area contributed by atoms with E-state index in [2.05, 4.69) is 17.2 Å². The Hall–Kier alpha value is -1.09. The second-order valence-corrected chi connectivity index (χ2v) is 4.02. The van der Waals surface area contributed by atoms with Crippen molar-refractivity contribution in [2.75, 3.05) is 13.7 Å². The van der Waals surface area contributed by atoms with Crippen LogP contribution in [0.15, 0.2) is 12.1 Å². The van der Waals surface area contributed by atoms with Crippen LogP contribution in [0.4, 0.5) is 0 Å². The first-order valence-electron chi connectivity index (χ1n) is 5.98. The smallest absolute Gasteiger partial charge is 0.122 e. The second kappa shape index (κ2) is 7.23. The van der Waals surface area contributed by atoms with Crippen molar-refractivity contribution in [3.63, 3.8) is 0 Å². The Morgan fingerprint density at radius 1 is 1.31 bits per heavy atom. The van der Waals surface area contributed by atoms with Crippen LogP contribution in [0.1, 0.15) is 37.6 Å². The quantitative estimate of drug-likeness (QED) is 0.720. The summed E-state index contributed by atoms with van der Waals surface area (Å²) in [6, 6.07) is 3.93. The van der Waals surface area contributed by atoms with Crippen molar-refractivity contribution in [3.05, 3.63) is 23.5 Å². The summed E-state index contributed by atoms with van der Waals surface area (Å²) >= 11 is 0. The summed E-state index contributed by atoms with van der Waals surface area (Å²) in [4.78, 5) is 4.46. The van der Waals surface area contributed by atoms with E-state index in [1.54, 1.807) is 7.11 Å². The minimum absolute atomic E-state index is 0.821. The van der Waals surface area contributed by atoms with E-state index in [0.29, 0.717) is 0 Å². The van der Waals surface area contributed by atoms with Crippen molar-refractivity contribution in [2.24, 2.45) is 0 Å². The average Bonchev–Trinajstić information content (AvgIpc) is 2.28. The summed E-state index contributed by atoms with van der Waals surface area (Å²) in [5.74, 6) is 0.887. The molecule has 0 bridgehead atoms. The third-order valence-electron chi connectivity index (χ3n) is 2.48. The van der Waals surface area contributed by atoms with Gasteiger partial charge in [0, 0.05) is 24.4 Å². The van der Waals surface area contributed by atoms with Gasteiger partial charge in [-0.05, 0) is 19.9 Å². The lowest BCUT2D eigenvalue weighted by Gasteiger charge is -2.07. The second-order valence-electron chi connectivity index (χ2n) is 4.02. The summed E-state index contributed by atoms with van der Waals surface area (Å²) in [7, 11) is 1.69. The molecule has 1 aromatic rings. The fraction of sp³-hybridized carbons (Fsp3) is 0.615. The highest BCUT2D eigenvalue weighted by atomic mass is 16.5. The van der Waals surface area contributed by atoms with Gasteiger partial charge in [0.25, 0.3) is 0 Å². The Morgan fingerprint density at radius 2 is 2.12 bits per heavy atom. The predicted octanol–water partition coefficient (Wildman–Crippen LogP) is 2.68. The molecule has 0 aromatic carbocycles. The summed E-state index contributed by atoms with van der Waals surface area (Å²) in [6.45, 7) is 6.09. The lowest BCUT2D eigenvalue weighted by atomic mass is 10.2. The highest BCUT2D eigenvalue weighted by Crippen LogP contribution is 2.12. The molecule has 1 heterocycles. The third kappa shape index (κ3) is 4.62. The number of methoxy groups -OCH3 is 1. The summed E-state index contributed by atoms with van der Waals surface area (Å²) < 4.78 is 5.21. The molecule has 0 atom stereocenters. The highest BCUT2D eigenvalue weighted by molar-refractivity contribution is 5.26. The monoisotopic (exact) mass is 222 g/mol. The number of ether oxygens (including phenoxy) is 1. The van der Waals surface area contributed by atoms with Gasteiger partial charge < -0.3 is 10.1 Å². The van der Waals surface area contributed by atoms with E-state index in [9.17, 15) is 0 Å². The average molecular weight is 222 g/mol. The van der Waals surface area contributed by atoms with Crippen LogP contribution in [0.3, 0.4) is 0 Å². The maximum absolute atomic E-state index is 5.21. The number of pyridine rings is 1. The van der Waals surface area contributed by atoms with E-state index in [1.807, 2.05) is 19.1 Å². The van der Waals surface area contributed by atoms with Gasteiger partial charge in [-0.1, -0.05) is 19.8 Å². The standard InChI is InChI=1S/C13H22N2O/c1-4-5-6-7-14-10-12-9-13(16-3)8-11(2)15-12/h8-9,14H,4-7,10H2,1-3H3. The van der Waals surface area contributed by atoms with Crippen LogP contribution < -0.4 is 10.1 Å². The minimum atomic E-state index is 0.821. The number of unbranched alkanes of at least 4 members (excludes halogenated alkanes) is 2. The van der Waals surface area contributed by atoms with Crippen LogP contribution in [0.25, 0.3) is 0 Å². The van der Waals surface area contributed by atoms with Gasteiger partial charge in [0.15, 0.2) is 0 Å². The molecule has 0 aliphatic carbocycles. The third-order valence-corrected chi connectivity index (χ3v) is 2.48. The van der Waals surface area contributed by atoms with Gasteiger partial charge in [0.1, 0.15) is 5.75 Å². The van der Waals surface area contributed by atoms with Crippen LogP contribution in [-0.2, 0) is 6.54 Å². The first-order valence-corrected chi connectivity index (χ1v) is 5.98. The molecule has 1 N–H and O–H groups in total. The summed E-state index contributed by atoms with van der Waals surface area (Å²) in [6.07, 6.45) is 3.79. The van der Waals surface area contributed by atoms with Crippen LogP contribution in [0, 0.1) is 6.92 Å². The van der Waals surface area contributed by atoms with Crippen molar-refractivity contribution in [1.82, 2.24) is 10.3 Å². The van der Waals surface area contributed by atoms with Crippen LogP contribution in [0.2, 0.25) is 0 Å². The molecule has 3 nitrogen and oxygen atoms in total. The molecular weight excluding hydrogens is 200 g/mol. The predicted molar refractivity (Wildman–Crippen MR) is 66.8 cm³/mol. The lowest BCUT2D eigenvalue weighted by Crippen LogP contribution is -2.15. The van der Waals surface area contributed by atoms with Crippen LogP contribution >= 0.6 is 0 Å². The van der Waals surface area contributed by atoms with Gasteiger partial charge in [-0.3, -0.25) is 4.98 Å². The zero-order chi connectivity index (χ0) is 11.8. The molecule has 0 fully saturated rings. The summed E-state index contributed by atoms with van der Waals surface area (Å²) in [5.41, 5.74) is 2.05. The van der Waals surface area contributed by atoms with E-state index in [0.717, 1.165) is 30.2 Å². The first-order chi connectivity index (χ1) is 7.76. The van der Waals surface area contributed by atoms with Crippen molar-refractivity contribution in [3.8, 4) is 5.75 Å². The van der Waals surface area contributed by atoms with Gasteiger partial charge in [-0.15, -0.1) is 0 Å². The van der Waals surface area contributed by atoms with Crippen molar-refractivity contribution in [1.29, 1.82) is 0 Å². The van der Waals surface area contributed by atoms with Gasteiger partial charge >= 0.3 is 0 Å². The Balaban J connectivity index is 2.38. The molecule has 0 aliphatic heterocycles. The molecule has 1 aromatic heterocycles. The van der Waals surface area contributed by atoms with Crippen molar-refractivity contribution >= 4 is 0 Å². The Morgan fingerprint density at radius 3 is 2.81 bits per heavy atom. The molecule has 90 valence electrons. The van der Waals surface area contributed by atoms with Crippen molar-refractivity contribution in [2.45, 2.75) is 39.7 Å². The molecule has 16 heavy (non-hydrogen) atoms. The fourth-order valence-electron chi connectivity index (χ4n) is 1.63. The molecule has 0 saturated carbocycles. The van der Waals surface area contributed by atoms with E-state index in [4.69, 9.17) is 4.74 Å². The molecule has 1 rings (SSSR count). The minimum Gasteiger partial charge on any atom is -0.497 e. The largest absolute Gasteiger partial charge is 0.497 e. The molecule has 0 amide bonds. The maximum Gasteiger partial charge on any atom is 0.122 e. The fourth-order valence-corrected chi connectivity index (χ4v) is 1.63. The molecule has 3 heteroatoms. The van der Waals surface area contributed by atoms with E-state index >= 15 is 0 Å². The number of rotatable bonds is 7. The van der Waals surface area contributed by atoms with E-state index < -0.39 is 0 Å². The number of nitrogens with one attached hydrogen (secondary N) is 1. The normalized spacial score (nSPS) is 10.4. The summed E-state index contributed by atoms with van der Waals surface area (Å²) in [5, 5.41) is 3.40. The first kappa shape index (κ1) is 13.0. The number of hydrogen-bond acceptors (Lipinski definition) is 3. The zero-order valence-corrected chi connectivity index (χ0v) is 10.5. The maximum atomic E-state index is 5.21. The Labute approximate surface area is 98.2 Å². The molecule has 0 spiro atoms.